The first kappa shape index (κ1) is 10.9. The Morgan fingerprint density at radius 2 is 1.82 bits per heavy atom. The average Bonchev–Trinajstić information content (AvgIpc) is 2.00. The quantitative estimate of drug-likeness (QED) is 0.627. The van der Waals surface area contributed by atoms with Crippen LogP contribution >= 0.6 is 0 Å². The lowest BCUT2D eigenvalue weighted by molar-refractivity contribution is 0.573. The van der Waals surface area contributed by atoms with E-state index in [0.29, 0.717) is 6.04 Å². The maximum absolute atomic E-state index is 3.85. The summed E-state index contributed by atoms with van der Waals surface area (Å²) in [6, 6.07) is 0.690. The van der Waals surface area contributed by atoms with Crippen LogP contribution in [0.5, 0.6) is 0 Å². The number of hydrogen-bond donors (Lipinski definition) is 1. The fourth-order valence-electron chi connectivity index (χ4n) is 1.08. The maximum atomic E-state index is 3.85. The van der Waals surface area contributed by atoms with Gasteiger partial charge in [0.2, 0.25) is 0 Å². The van der Waals surface area contributed by atoms with E-state index in [2.05, 4.69) is 44.2 Å². The molecule has 0 radical (unpaired) electrons. The topological polar surface area (TPSA) is 12.0 Å². The summed E-state index contributed by atoms with van der Waals surface area (Å²) in [4.78, 5) is 3.66. The summed E-state index contributed by atoms with van der Waals surface area (Å²) >= 11 is 0. The molecule has 0 spiro atoms. The predicted octanol–water partition coefficient (Wildman–Crippen LogP) is 2.69. The van der Waals surface area contributed by atoms with Crippen molar-refractivity contribution in [1.29, 1.82) is 0 Å². The van der Waals surface area contributed by atoms with E-state index in [1.165, 1.54) is 12.8 Å². The molecule has 0 aliphatic rings. The van der Waals surface area contributed by atoms with Gasteiger partial charge in [0, 0.05) is 6.04 Å². The van der Waals surface area contributed by atoms with Gasteiger partial charge >= 0.3 is 0 Å². The van der Waals surface area contributed by atoms with Crippen LogP contribution in [-0.2, 0) is 0 Å². The summed E-state index contributed by atoms with van der Waals surface area (Å²) in [5.41, 5.74) is 2.10. The van der Waals surface area contributed by atoms with Gasteiger partial charge in [-0.15, -0.1) is 6.58 Å². The molecular formula is C9H21NSi. The second-order valence-corrected chi connectivity index (χ2v) is 7.72. The van der Waals surface area contributed by atoms with E-state index in [1.807, 2.05) is 0 Å². The molecule has 1 nitrogen and oxygen atoms in total. The third-order valence-corrected chi connectivity index (χ3v) is 4.24. The van der Waals surface area contributed by atoms with Crippen molar-refractivity contribution in [2.45, 2.75) is 45.8 Å². The Labute approximate surface area is 72.0 Å². The standard InChI is InChI=1S/C9H21NSi/c1-6-9(7-2)10-11(4,5)8-3/h8-10H,3,6-7H2,1-2,4-5H3. The van der Waals surface area contributed by atoms with E-state index < -0.39 is 8.24 Å². The third kappa shape index (κ3) is 4.38. The molecular weight excluding hydrogens is 150 g/mol. The Bertz CT molecular complexity index is 117. The minimum Gasteiger partial charge on any atom is -0.332 e. The molecule has 0 fully saturated rings. The predicted molar refractivity (Wildman–Crippen MR) is 55.2 cm³/mol. The number of nitrogens with one attached hydrogen (secondary N) is 1. The lowest BCUT2D eigenvalue weighted by atomic mass is 10.2. The fourth-order valence-corrected chi connectivity index (χ4v) is 2.66. The third-order valence-electron chi connectivity index (χ3n) is 2.07. The highest BCUT2D eigenvalue weighted by molar-refractivity contribution is 6.79. The molecule has 11 heavy (non-hydrogen) atoms. The minimum absolute atomic E-state index is 0.690. The molecule has 0 bridgehead atoms. The van der Waals surface area contributed by atoms with E-state index in [4.69, 9.17) is 0 Å². The average molecular weight is 171 g/mol. The van der Waals surface area contributed by atoms with Gasteiger partial charge in [0.25, 0.3) is 0 Å². The first-order valence-corrected chi connectivity index (χ1v) is 7.54. The van der Waals surface area contributed by atoms with Gasteiger partial charge in [-0.25, -0.2) is 0 Å². The molecule has 0 atom stereocenters. The normalized spacial score (nSPS) is 12.1. The highest BCUT2D eigenvalue weighted by Crippen LogP contribution is 2.04. The first-order valence-electron chi connectivity index (χ1n) is 4.47. The van der Waals surface area contributed by atoms with Crippen LogP contribution in [0.15, 0.2) is 12.3 Å². The largest absolute Gasteiger partial charge is 0.332 e. The van der Waals surface area contributed by atoms with Gasteiger partial charge in [-0.1, -0.05) is 32.6 Å². The van der Waals surface area contributed by atoms with Gasteiger partial charge in [0.05, 0.1) is 0 Å². The van der Waals surface area contributed by atoms with Crippen LogP contribution in [-0.4, -0.2) is 14.3 Å². The summed E-state index contributed by atoms with van der Waals surface area (Å²) in [5, 5.41) is 0. The van der Waals surface area contributed by atoms with Crippen molar-refractivity contribution in [1.82, 2.24) is 4.98 Å². The highest BCUT2D eigenvalue weighted by Gasteiger charge is 2.18. The molecule has 0 aromatic rings. The molecule has 0 aliphatic heterocycles. The summed E-state index contributed by atoms with van der Waals surface area (Å²) in [5.74, 6) is 0. The zero-order chi connectivity index (χ0) is 8.91. The second kappa shape index (κ2) is 4.73. The van der Waals surface area contributed by atoms with Crippen molar-refractivity contribution in [3.05, 3.63) is 12.3 Å². The molecule has 1 N–H and O–H groups in total. The molecule has 0 heterocycles. The van der Waals surface area contributed by atoms with Crippen molar-refractivity contribution in [3.8, 4) is 0 Å². The van der Waals surface area contributed by atoms with E-state index >= 15 is 0 Å². The first-order chi connectivity index (χ1) is 5.05. The van der Waals surface area contributed by atoms with Crippen LogP contribution in [0, 0.1) is 0 Å². The van der Waals surface area contributed by atoms with Gasteiger partial charge in [0.15, 0.2) is 0 Å². The summed E-state index contributed by atoms with van der Waals surface area (Å²) in [6.45, 7) is 12.9. The van der Waals surface area contributed by atoms with Crippen LogP contribution in [0.4, 0.5) is 0 Å². The Balaban J connectivity index is 3.88. The molecule has 0 rings (SSSR count). The van der Waals surface area contributed by atoms with Gasteiger partial charge < -0.3 is 4.98 Å². The van der Waals surface area contributed by atoms with E-state index in [0.717, 1.165) is 0 Å². The van der Waals surface area contributed by atoms with Crippen LogP contribution in [0.25, 0.3) is 0 Å². The Morgan fingerprint density at radius 3 is 2.09 bits per heavy atom. The van der Waals surface area contributed by atoms with Crippen LogP contribution in [0.1, 0.15) is 26.7 Å². The minimum atomic E-state index is -1.27. The number of rotatable bonds is 5. The monoisotopic (exact) mass is 171 g/mol. The lowest BCUT2D eigenvalue weighted by Gasteiger charge is -2.25. The zero-order valence-electron chi connectivity index (χ0n) is 8.28. The molecule has 0 saturated heterocycles. The highest BCUT2D eigenvalue weighted by atomic mass is 28.3. The van der Waals surface area contributed by atoms with Crippen molar-refractivity contribution in [2.24, 2.45) is 0 Å². The van der Waals surface area contributed by atoms with Gasteiger partial charge in [-0.3, -0.25) is 0 Å². The molecule has 0 aromatic carbocycles. The fraction of sp³-hybridized carbons (Fsp3) is 0.778. The molecule has 2 heteroatoms. The Morgan fingerprint density at radius 1 is 1.36 bits per heavy atom. The molecule has 0 aliphatic carbocycles. The summed E-state index contributed by atoms with van der Waals surface area (Å²) in [7, 11) is -1.27. The second-order valence-electron chi connectivity index (χ2n) is 3.58. The van der Waals surface area contributed by atoms with Crippen LogP contribution in [0.3, 0.4) is 0 Å². The van der Waals surface area contributed by atoms with Crippen molar-refractivity contribution >= 4 is 8.24 Å². The number of hydrogen-bond acceptors (Lipinski definition) is 1. The van der Waals surface area contributed by atoms with E-state index in [1.54, 1.807) is 0 Å². The smallest absolute Gasteiger partial charge is 0.143 e. The molecule has 0 saturated carbocycles. The van der Waals surface area contributed by atoms with Gasteiger partial charge in [-0.2, -0.15) is 0 Å². The SMILES string of the molecule is C=C[Si](C)(C)NC(CC)CC. The maximum Gasteiger partial charge on any atom is 0.143 e. The van der Waals surface area contributed by atoms with Gasteiger partial charge in [-0.05, 0) is 12.8 Å². The van der Waals surface area contributed by atoms with Crippen molar-refractivity contribution in [3.63, 3.8) is 0 Å². The summed E-state index contributed by atoms with van der Waals surface area (Å²) in [6.07, 6.45) is 2.45. The summed E-state index contributed by atoms with van der Waals surface area (Å²) < 4.78 is 0. The molecule has 0 unspecified atom stereocenters. The van der Waals surface area contributed by atoms with E-state index in [-0.39, 0.29) is 0 Å². The molecule has 0 aromatic heterocycles. The van der Waals surface area contributed by atoms with Crippen LogP contribution < -0.4 is 4.98 Å². The lowest BCUT2D eigenvalue weighted by Crippen LogP contribution is -2.48. The van der Waals surface area contributed by atoms with Crippen molar-refractivity contribution in [2.75, 3.05) is 0 Å². The zero-order valence-corrected chi connectivity index (χ0v) is 9.28. The Kier molecular flexibility index (Phi) is 4.69. The molecule has 0 amide bonds. The van der Waals surface area contributed by atoms with Crippen molar-refractivity contribution < 1.29 is 0 Å². The Hall–Kier alpha value is -0.0831. The van der Waals surface area contributed by atoms with Crippen LogP contribution in [0.2, 0.25) is 13.1 Å². The van der Waals surface area contributed by atoms with E-state index in [9.17, 15) is 0 Å². The van der Waals surface area contributed by atoms with Gasteiger partial charge in [0.1, 0.15) is 8.24 Å². The molecule has 66 valence electrons.